The zero-order valence-electron chi connectivity index (χ0n) is 8.55. The van der Waals surface area contributed by atoms with Gasteiger partial charge in [-0.3, -0.25) is 0 Å². The number of carboxylic acids is 2. The smallest absolute Gasteiger partial charge is 0.550 e. The molecule has 16 heavy (non-hydrogen) atoms. The largest absolute Gasteiger partial charge is 1.00 e. The molecule has 102 valence electrons. The minimum atomic E-state index is -1.37. The molecular formula is C4H18NaO11-. The van der Waals surface area contributed by atoms with Gasteiger partial charge >= 0.3 is 29.6 Å². The molecule has 0 heterocycles. The monoisotopic (exact) mass is 265 g/mol. The Kier molecular flexibility index (Phi) is 221. The van der Waals surface area contributed by atoms with Crippen LogP contribution in [0.3, 0.4) is 0 Å². The molecule has 11 nitrogen and oxygen atoms in total. The van der Waals surface area contributed by atoms with Crippen LogP contribution in [0.25, 0.3) is 0 Å². The van der Waals surface area contributed by atoms with Crippen molar-refractivity contribution in [3.63, 3.8) is 0 Å². The Morgan fingerprint density at radius 3 is 0.812 bits per heavy atom. The maximum Gasteiger partial charge on any atom is 1.00 e. The van der Waals surface area contributed by atoms with Gasteiger partial charge in [0.2, 0.25) is 0 Å². The summed E-state index contributed by atoms with van der Waals surface area (Å²) in [7, 11) is 0. The van der Waals surface area contributed by atoms with Gasteiger partial charge in [0.1, 0.15) is 0 Å². The second-order valence-electron chi connectivity index (χ2n) is 1.24. The summed E-state index contributed by atoms with van der Waals surface area (Å²) in [6.07, 6.45) is -0.940. The average molecular weight is 265 g/mol. The third kappa shape index (κ3) is 101. The normalized spacial score (nSPS) is 4.25. The van der Waals surface area contributed by atoms with Gasteiger partial charge in [0.05, 0.1) is 0 Å². The van der Waals surface area contributed by atoms with E-state index < -0.39 is 24.8 Å². The van der Waals surface area contributed by atoms with Crippen LogP contribution >= 0.6 is 0 Å². The van der Waals surface area contributed by atoms with Crippen molar-refractivity contribution in [3.05, 3.63) is 0 Å². The van der Waals surface area contributed by atoms with Crippen molar-refractivity contribution in [2.75, 3.05) is 0 Å². The van der Waals surface area contributed by atoms with Crippen molar-refractivity contribution in [3.8, 4) is 0 Å². The molecule has 0 unspecified atom stereocenters. The van der Waals surface area contributed by atoms with E-state index in [-0.39, 0.29) is 67.9 Å². The van der Waals surface area contributed by atoms with Crippen LogP contribution in [0, 0.1) is 0 Å². The number of aliphatic carboxylic acids is 2. The van der Waals surface area contributed by atoms with Crippen molar-refractivity contribution < 1.29 is 87.7 Å². The second kappa shape index (κ2) is 46.6. The van der Waals surface area contributed by atoms with Gasteiger partial charge in [-0.05, 0) is 12.8 Å². The summed E-state index contributed by atoms with van der Waals surface area (Å²) >= 11 is 0. The van der Waals surface area contributed by atoms with Crippen molar-refractivity contribution in [2.45, 2.75) is 12.8 Å². The zero-order valence-corrected chi connectivity index (χ0v) is 10.5. The molecule has 0 aromatic carbocycles. The summed E-state index contributed by atoms with van der Waals surface area (Å²) in [5, 5.41) is 19.0. The molecule has 0 fully saturated rings. The number of carbonyl (C=O) groups excluding carboxylic acids is 2. The first-order chi connectivity index (χ1) is 3.63. The van der Waals surface area contributed by atoms with Crippen LogP contribution in [-0.4, -0.2) is 50.3 Å². The fourth-order valence-electron chi connectivity index (χ4n) is 0.204. The number of rotatable bonds is 3. The molecule has 0 aliphatic rings. The van der Waals surface area contributed by atoms with Gasteiger partial charge in [0, 0.05) is 11.9 Å². The van der Waals surface area contributed by atoms with E-state index in [0.29, 0.717) is 0 Å². The van der Waals surface area contributed by atoms with Gasteiger partial charge in [0.25, 0.3) is 0 Å². The molecular weight excluding hydrogens is 247 g/mol. The Labute approximate surface area is 113 Å². The molecule has 0 aliphatic heterocycles. The molecule has 14 N–H and O–H groups in total. The SMILES string of the molecule is O.O.O.O.O.O.O.O=C([O-])CCC(=O)[O-].[Na+]. The van der Waals surface area contributed by atoms with E-state index in [0.717, 1.165) is 0 Å². The second-order valence-corrected chi connectivity index (χ2v) is 1.24. The van der Waals surface area contributed by atoms with E-state index in [9.17, 15) is 19.8 Å². The molecule has 0 saturated heterocycles. The van der Waals surface area contributed by atoms with Gasteiger partial charge in [-0.2, -0.15) is 0 Å². The van der Waals surface area contributed by atoms with E-state index >= 15 is 0 Å². The fraction of sp³-hybridized carbons (Fsp3) is 0.500. The average Bonchev–Trinajstić information content (AvgIpc) is 1.61. The maximum atomic E-state index is 9.50. The van der Waals surface area contributed by atoms with Gasteiger partial charge in [-0.15, -0.1) is 0 Å². The molecule has 0 saturated carbocycles. The van der Waals surface area contributed by atoms with Crippen molar-refractivity contribution in [2.24, 2.45) is 0 Å². The van der Waals surface area contributed by atoms with Gasteiger partial charge in [-0.1, -0.05) is 0 Å². The minimum Gasteiger partial charge on any atom is -0.550 e. The van der Waals surface area contributed by atoms with Crippen LogP contribution < -0.4 is 39.8 Å². The summed E-state index contributed by atoms with van der Waals surface area (Å²) < 4.78 is 0. The fourth-order valence-corrected chi connectivity index (χ4v) is 0.204. The first-order valence-corrected chi connectivity index (χ1v) is 2.02. The molecule has 0 bridgehead atoms. The molecule has 0 aliphatic carbocycles. The topological polar surface area (TPSA) is 301 Å². The molecule has 0 aromatic heterocycles. The molecule has 0 rings (SSSR count). The molecule has 0 amide bonds. The van der Waals surface area contributed by atoms with E-state index in [1.165, 1.54) is 0 Å². The van der Waals surface area contributed by atoms with Crippen LogP contribution in [0.1, 0.15) is 12.8 Å². The van der Waals surface area contributed by atoms with Crippen molar-refractivity contribution in [1.82, 2.24) is 0 Å². The number of carboxylic acid groups (broad SMARTS) is 2. The van der Waals surface area contributed by atoms with E-state index in [1.54, 1.807) is 0 Å². The molecule has 12 heteroatoms. The molecule has 0 atom stereocenters. The molecule has 0 radical (unpaired) electrons. The number of hydrogen-bond acceptors (Lipinski definition) is 4. The predicted molar refractivity (Wildman–Crippen MR) is 44.5 cm³/mol. The molecule has 0 spiro atoms. The Hall–Kier alpha value is -0.340. The van der Waals surface area contributed by atoms with Crippen LogP contribution in [0.2, 0.25) is 0 Å². The Balaban J connectivity index is -0.00000000875. The summed E-state index contributed by atoms with van der Waals surface area (Å²) in [5.74, 6) is -2.73. The summed E-state index contributed by atoms with van der Waals surface area (Å²) in [4.78, 5) is 19.0. The third-order valence-electron chi connectivity index (χ3n) is 0.533. The van der Waals surface area contributed by atoms with Crippen molar-refractivity contribution in [1.29, 1.82) is 0 Å². The minimum absolute atomic E-state index is 0. The first kappa shape index (κ1) is 75.9. The van der Waals surface area contributed by atoms with Gasteiger partial charge in [-0.25, -0.2) is 0 Å². The van der Waals surface area contributed by atoms with Crippen molar-refractivity contribution >= 4 is 11.9 Å². The summed E-state index contributed by atoms with van der Waals surface area (Å²) in [5.41, 5.74) is 0. The van der Waals surface area contributed by atoms with Gasteiger partial charge in [0.15, 0.2) is 0 Å². The Morgan fingerprint density at radius 2 is 0.750 bits per heavy atom. The maximum absolute atomic E-state index is 9.50. The zero-order chi connectivity index (χ0) is 6.57. The number of carbonyl (C=O) groups is 2. The summed E-state index contributed by atoms with van der Waals surface area (Å²) in [6.45, 7) is 0. The van der Waals surface area contributed by atoms with E-state index in [1.807, 2.05) is 0 Å². The Morgan fingerprint density at radius 1 is 0.625 bits per heavy atom. The van der Waals surface area contributed by atoms with Crippen LogP contribution in [0.5, 0.6) is 0 Å². The Bertz CT molecular complexity index is 103. The van der Waals surface area contributed by atoms with E-state index in [2.05, 4.69) is 0 Å². The number of hydrogen-bond donors (Lipinski definition) is 0. The third-order valence-corrected chi connectivity index (χ3v) is 0.533. The van der Waals surface area contributed by atoms with Crippen LogP contribution in [0.15, 0.2) is 0 Å². The van der Waals surface area contributed by atoms with Gasteiger partial charge < -0.3 is 58.1 Å². The standard InChI is InChI=1S/C4H6O4.Na.7H2O/c5-3(6)1-2-4(7)8;;;;;;;;/h1-2H2,(H,5,6)(H,7,8);;7*1H2/q;+1;;;;;;;/p-2. The predicted octanol–water partition coefficient (Wildman–Crippen LogP) is -11.5. The van der Waals surface area contributed by atoms with E-state index in [4.69, 9.17) is 0 Å². The quantitative estimate of drug-likeness (QED) is 0.448. The summed E-state index contributed by atoms with van der Waals surface area (Å²) in [6, 6.07) is 0. The van der Waals surface area contributed by atoms with Crippen LogP contribution in [0.4, 0.5) is 0 Å². The first-order valence-electron chi connectivity index (χ1n) is 2.02. The van der Waals surface area contributed by atoms with Crippen LogP contribution in [-0.2, 0) is 9.59 Å². The molecule has 0 aromatic rings.